The average molecular weight is 290 g/mol. The normalized spacial score (nSPS) is 13.8. The van der Waals surface area contributed by atoms with Gasteiger partial charge in [0.25, 0.3) is 6.29 Å². The first-order chi connectivity index (χ1) is 10.9. The summed E-state index contributed by atoms with van der Waals surface area (Å²) in [5.41, 5.74) is 0.920. The summed E-state index contributed by atoms with van der Waals surface area (Å²) in [7, 11) is 0. The van der Waals surface area contributed by atoms with E-state index in [9.17, 15) is 0 Å². The molecule has 0 fully saturated rings. The second kappa shape index (κ2) is 5.45. The summed E-state index contributed by atoms with van der Waals surface area (Å²) in [4.78, 5) is 0. The minimum atomic E-state index is -0.389. The Hall–Kier alpha value is -2.94. The Morgan fingerprint density at radius 2 is 1.45 bits per heavy atom. The van der Waals surface area contributed by atoms with Gasteiger partial charge in [-0.3, -0.25) is 0 Å². The van der Waals surface area contributed by atoms with E-state index in [0.717, 1.165) is 22.4 Å². The average Bonchev–Trinajstić information content (AvgIpc) is 3.10. The molecule has 0 aliphatic carbocycles. The van der Waals surface area contributed by atoms with Crippen LogP contribution in [0.5, 0.6) is 11.5 Å². The monoisotopic (exact) mass is 290 g/mol. The van der Waals surface area contributed by atoms with Gasteiger partial charge in [-0.1, -0.05) is 42.5 Å². The Morgan fingerprint density at radius 1 is 0.682 bits per heavy atom. The zero-order chi connectivity index (χ0) is 14.8. The molecule has 22 heavy (non-hydrogen) atoms. The van der Waals surface area contributed by atoms with Gasteiger partial charge in [0.15, 0.2) is 0 Å². The van der Waals surface area contributed by atoms with Gasteiger partial charge in [0.05, 0.1) is 0 Å². The minimum absolute atomic E-state index is 0.389. The van der Waals surface area contributed by atoms with Crippen LogP contribution in [0.25, 0.3) is 10.8 Å². The number of hydrogen-bond acceptors (Lipinski definition) is 3. The molecule has 3 nitrogen and oxygen atoms in total. The standard InChI is InChI=1S/C19H14O3/c1-2-5-15-12-18(9-8-14(15)4-1)22-17-7-3-6-16(13-17)19-20-10-11-21-19/h1-13,19H. The summed E-state index contributed by atoms with van der Waals surface area (Å²) in [5, 5.41) is 2.35. The molecule has 0 radical (unpaired) electrons. The lowest BCUT2D eigenvalue weighted by Gasteiger charge is -2.12. The van der Waals surface area contributed by atoms with Crippen molar-refractivity contribution in [2.45, 2.75) is 6.29 Å². The molecule has 0 aromatic heterocycles. The number of ether oxygens (including phenoxy) is 3. The van der Waals surface area contributed by atoms with Gasteiger partial charge in [-0.2, -0.15) is 0 Å². The Balaban J connectivity index is 1.60. The van der Waals surface area contributed by atoms with E-state index in [1.165, 1.54) is 5.39 Å². The van der Waals surface area contributed by atoms with Crippen LogP contribution in [-0.4, -0.2) is 0 Å². The van der Waals surface area contributed by atoms with Crippen LogP contribution in [0, 0.1) is 0 Å². The molecule has 4 rings (SSSR count). The van der Waals surface area contributed by atoms with Crippen LogP contribution in [-0.2, 0) is 9.47 Å². The lowest BCUT2D eigenvalue weighted by Crippen LogP contribution is -1.97. The quantitative estimate of drug-likeness (QED) is 0.667. The Bertz CT molecular complexity index is 831. The van der Waals surface area contributed by atoms with E-state index in [1.807, 2.05) is 48.5 Å². The van der Waals surface area contributed by atoms with Crippen LogP contribution in [0.2, 0.25) is 0 Å². The molecule has 3 heteroatoms. The van der Waals surface area contributed by atoms with Crippen LogP contribution in [0.3, 0.4) is 0 Å². The van der Waals surface area contributed by atoms with Gasteiger partial charge in [-0.25, -0.2) is 0 Å². The maximum absolute atomic E-state index is 5.96. The molecule has 3 aromatic carbocycles. The largest absolute Gasteiger partial charge is 0.457 e. The SMILES string of the molecule is C1=COC(c2cccc(Oc3ccc4ccccc4c3)c2)O1. The van der Waals surface area contributed by atoms with Crippen LogP contribution in [0.1, 0.15) is 11.9 Å². The molecule has 1 aliphatic heterocycles. The lowest BCUT2D eigenvalue weighted by molar-refractivity contribution is -0.0247. The van der Waals surface area contributed by atoms with Crippen LogP contribution in [0.15, 0.2) is 79.3 Å². The second-order valence-electron chi connectivity index (χ2n) is 5.06. The molecule has 0 N–H and O–H groups in total. The van der Waals surface area contributed by atoms with E-state index in [2.05, 4.69) is 18.2 Å². The van der Waals surface area contributed by atoms with Gasteiger partial charge in [-0.05, 0) is 35.0 Å². The maximum Gasteiger partial charge on any atom is 0.266 e. The molecule has 0 saturated heterocycles. The highest BCUT2D eigenvalue weighted by atomic mass is 16.7. The highest BCUT2D eigenvalue weighted by molar-refractivity contribution is 5.83. The summed E-state index contributed by atoms with van der Waals surface area (Å²) < 4.78 is 16.6. The van der Waals surface area contributed by atoms with Crippen molar-refractivity contribution >= 4 is 10.8 Å². The van der Waals surface area contributed by atoms with Crippen LogP contribution in [0.4, 0.5) is 0 Å². The van der Waals surface area contributed by atoms with Crippen molar-refractivity contribution in [3.63, 3.8) is 0 Å². The zero-order valence-electron chi connectivity index (χ0n) is 11.8. The van der Waals surface area contributed by atoms with E-state index in [1.54, 1.807) is 12.5 Å². The van der Waals surface area contributed by atoms with Crippen molar-refractivity contribution in [1.82, 2.24) is 0 Å². The first kappa shape index (κ1) is 12.8. The summed E-state index contributed by atoms with van der Waals surface area (Å²) in [6.45, 7) is 0. The fraction of sp³-hybridized carbons (Fsp3) is 0.0526. The first-order valence-electron chi connectivity index (χ1n) is 7.11. The highest BCUT2D eigenvalue weighted by Crippen LogP contribution is 2.30. The molecule has 0 spiro atoms. The fourth-order valence-corrected chi connectivity index (χ4v) is 2.49. The van der Waals surface area contributed by atoms with E-state index in [4.69, 9.17) is 14.2 Å². The van der Waals surface area contributed by atoms with Gasteiger partial charge in [0.2, 0.25) is 0 Å². The smallest absolute Gasteiger partial charge is 0.266 e. The maximum atomic E-state index is 5.96. The molecule has 0 amide bonds. The Morgan fingerprint density at radius 3 is 2.32 bits per heavy atom. The molecular formula is C19H14O3. The summed E-state index contributed by atoms with van der Waals surface area (Å²) >= 11 is 0. The lowest BCUT2D eigenvalue weighted by atomic mass is 10.1. The molecular weight excluding hydrogens is 276 g/mol. The molecule has 108 valence electrons. The third kappa shape index (κ3) is 2.49. The van der Waals surface area contributed by atoms with Crippen LogP contribution >= 0.6 is 0 Å². The number of fused-ring (bicyclic) bond motifs is 1. The van der Waals surface area contributed by atoms with Gasteiger partial charge in [0, 0.05) is 5.56 Å². The van der Waals surface area contributed by atoms with Crippen molar-refractivity contribution in [2.75, 3.05) is 0 Å². The van der Waals surface area contributed by atoms with Gasteiger partial charge >= 0.3 is 0 Å². The zero-order valence-corrected chi connectivity index (χ0v) is 11.8. The van der Waals surface area contributed by atoms with E-state index in [-0.39, 0.29) is 6.29 Å². The molecule has 1 aliphatic rings. The minimum Gasteiger partial charge on any atom is -0.457 e. The second-order valence-corrected chi connectivity index (χ2v) is 5.06. The Labute approximate surface area is 128 Å². The number of hydrogen-bond donors (Lipinski definition) is 0. The topological polar surface area (TPSA) is 27.7 Å². The van der Waals surface area contributed by atoms with Crippen molar-refractivity contribution < 1.29 is 14.2 Å². The van der Waals surface area contributed by atoms with E-state index in [0.29, 0.717) is 0 Å². The predicted molar refractivity (Wildman–Crippen MR) is 84.5 cm³/mol. The molecule has 0 unspecified atom stereocenters. The fourth-order valence-electron chi connectivity index (χ4n) is 2.49. The molecule has 0 atom stereocenters. The molecule has 1 heterocycles. The predicted octanol–water partition coefficient (Wildman–Crippen LogP) is 5.15. The van der Waals surface area contributed by atoms with Gasteiger partial charge in [-0.15, -0.1) is 0 Å². The summed E-state index contributed by atoms with van der Waals surface area (Å²) in [6, 6.07) is 22.0. The van der Waals surface area contributed by atoms with Crippen molar-refractivity contribution in [2.24, 2.45) is 0 Å². The number of rotatable bonds is 3. The van der Waals surface area contributed by atoms with Crippen molar-refractivity contribution in [3.8, 4) is 11.5 Å². The van der Waals surface area contributed by atoms with Gasteiger partial charge < -0.3 is 14.2 Å². The third-order valence-electron chi connectivity index (χ3n) is 3.55. The van der Waals surface area contributed by atoms with Crippen molar-refractivity contribution in [1.29, 1.82) is 0 Å². The number of benzene rings is 3. The Kier molecular flexibility index (Phi) is 3.16. The van der Waals surface area contributed by atoms with E-state index >= 15 is 0 Å². The van der Waals surface area contributed by atoms with Crippen LogP contribution < -0.4 is 4.74 Å². The summed E-state index contributed by atoms with van der Waals surface area (Å²) in [5.74, 6) is 1.56. The third-order valence-corrected chi connectivity index (χ3v) is 3.55. The highest BCUT2D eigenvalue weighted by Gasteiger charge is 2.15. The first-order valence-corrected chi connectivity index (χ1v) is 7.11. The van der Waals surface area contributed by atoms with E-state index < -0.39 is 0 Å². The molecule has 0 saturated carbocycles. The summed E-state index contributed by atoms with van der Waals surface area (Å²) in [6.07, 6.45) is 2.70. The molecule has 0 bridgehead atoms. The molecule has 3 aromatic rings. The van der Waals surface area contributed by atoms with Crippen molar-refractivity contribution in [3.05, 3.63) is 84.8 Å². The van der Waals surface area contributed by atoms with Gasteiger partial charge in [0.1, 0.15) is 24.0 Å².